The Morgan fingerprint density at radius 3 is 2.86 bits per heavy atom. The van der Waals surface area contributed by atoms with Crippen molar-refractivity contribution >= 4 is 11.6 Å². The van der Waals surface area contributed by atoms with Crippen LogP contribution in [0.1, 0.15) is 39.2 Å². The van der Waals surface area contributed by atoms with Crippen LogP contribution in [0.2, 0.25) is 5.02 Å². The normalized spacial score (nSPS) is 23.7. The third-order valence-corrected chi connectivity index (χ3v) is 4.59. The van der Waals surface area contributed by atoms with Gasteiger partial charge in [-0.3, -0.25) is 4.90 Å². The fourth-order valence-corrected chi connectivity index (χ4v) is 3.31. The second-order valence-corrected chi connectivity index (χ2v) is 6.87. The molecule has 1 aliphatic rings. The first-order valence-corrected chi connectivity index (χ1v) is 8.28. The third-order valence-electron chi connectivity index (χ3n) is 4.22. The van der Waals surface area contributed by atoms with Crippen LogP contribution in [0.3, 0.4) is 0 Å². The van der Waals surface area contributed by atoms with Crippen molar-refractivity contribution in [3.8, 4) is 0 Å². The summed E-state index contributed by atoms with van der Waals surface area (Å²) in [6.45, 7) is 9.44. The zero-order valence-corrected chi connectivity index (χ0v) is 14.0. The predicted molar refractivity (Wildman–Crippen MR) is 87.1 cm³/mol. The summed E-state index contributed by atoms with van der Waals surface area (Å²) in [5.41, 5.74) is 0.889. The minimum atomic E-state index is -0.212. The van der Waals surface area contributed by atoms with Crippen molar-refractivity contribution in [3.05, 3.63) is 34.6 Å². The highest BCUT2D eigenvalue weighted by Crippen LogP contribution is 2.23. The summed E-state index contributed by atoms with van der Waals surface area (Å²) in [5, 5.41) is 4.30. The molecule has 1 fully saturated rings. The molecule has 0 spiro atoms. The van der Waals surface area contributed by atoms with Gasteiger partial charge in [0.05, 0.1) is 0 Å². The van der Waals surface area contributed by atoms with Crippen molar-refractivity contribution in [2.24, 2.45) is 5.92 Å². The first-order chi connectivity index (χ1) is 9.99. The lowest BCUT2D eigenvalue weighted by atomic mass is 9.98. The monoisotopic (exact) mass is 312 g/mol. The molecule has 2 nitrogen and oxygen atoms in total. The number of nitrogens with one attached hydrogen (secondary N) is 1. The average molecular weight is 313 g/mol. The van der Waals surface area contributed by atoms with Crippen LogP contribution in [0.25, 0.3) is 0 Å². The summed E-state index contributed by atoms with van der Waals surface area (Å²) in [7, 11) is 0. The van der Waals surface area contributed by atoms with Crippen LogP contribution in [0.4, 0.5) is 4.39 Å². The minimum absolute atomic E-state index is 0.212. The molecular formula is C17H26ClFN2. The van der Waals surface area contributed by atoms with Gasteiger partial charge in [-0.1, -0.05) is 32.4 Å². The first kappa shape index (κ1) is 16.7. The van der Waals surface area contributed by atoms with Gasteiger partial charge in [0, 0.05) is 36.7 Å². The van der Waals surface area contributed by atoms with E-state index in [-0.39, 0.29) is 5.82 Å². The maximum Gasteiger partial charge on any atom is 0.123 e. The van der Waals surface area contributed by atoms with Crippen molar-refractivity contribution in [3.63, 3.8) is 0 Å². The van der Waals surface area contributed by atoms with E-state index in [1.165, 1.54) is 12.5 Å². The smallest absolute Gasteiger partial charge is 0.123 e. The SMILES string of the molecule is CCC1CNC(CC(C)C)CN1Cc1cc(F)ccc1Cl. The molecule has 4 heteroatoms. The number of rotatable bonds is 5. The average Bonchev–Trinajstić information content (AvgIpc) is 2.42. The highest BCUT2D eigenvalue weighted by atomic mass is 35.5. The molecule has 2 rings (SSSR count). The van der Waals surface area contributed by atoms with E-state index in [0.717, 1.165) is 31.6 Å². The van der Waals surface area contributed by atoms with E-state index in [0.29, 0.717) is 23.0 Å². The molecule has 1 N–H and O–H groups in total. The molecule has 2 atom stereocenters. The number of hydrogen-bond acceptors (Lipinski definition) is 2. The molecule has 0 aliphatic carbocycles. The highest BCUT2D eigenvalue weighted by Gasteiger charge is 2.27. The predicted octanol–water partition coefficient (Wildman–Crippen LogP) is 4.08. The first-order valence-electron chi connectivity index (χ1n) is 7.91. The Hall–Kier alpha value is -0.640. The lowest BCUT2D eigenvalue weighted by molar-refractivity contribution is 0.111. The molecule has 1 aromatic rings. The van der Waals surface area contributed by atoms with Gasteiger partial charge in [0.25, 0.3) is 0 Å². The Kier molecular flexibility index (Phi) is 6.03. The summed E-state index contributed by atoms with van der Waals surface area (Å²) in [6.07, 6.45) is 2.26. The number of piperazine rings is 1. The molecule has 2 unspecified atom stereocenters. The Bertz CT molecular complexity index is 464. The van der Waals surface area contributed by atoms with E-state index in [1.54, 1.807) is 12.1 Å². The summed E-state index contributed by atoms with van der Waals surface area (Å²) >= 11 is 6.22. The van der Waals surface area contributed by atoms with Gasteiger partial charge >= 0.3 is 0 Å². The molecule has 0 bridgehead atoms. The summed E-state index contributed by atoms with van der Waals surface area (Å²) in [4.78, 5) is 2.45. The van der Waals surface area contributed by atoms with Crippen molar-refractivity contribution < 1.29 is 4.39 Å². The molecule has 21 heavy (non-hydrogen) atoms. The topological polar surface area (TPSA) is 15.3 Å². The van der Waals surface area contributed by atoms with Crippen molar-refractivity contribution in [1.82, 2.24) is 10.2 Å². The van der Waals surface area contributed by atoms with Crippen LogP contribution in [0.5, 0.6) is 0 Å². The van der Waals surface area contributed by atoms with Crippen LogP contribution in [0, 0.1) is 11.7 Å². The van der Waals surface area contributed by atoms with Crippen molar-refractivity contribution in [2.45, 2.75) is 52.2 Å². The molecule has 1 aliphatic heterocycles. The van der Waals surface area contributed by atoms with Crippen molar-refractivity contribution in [2.75, 3.05) is 13.1 Å². The van der Waals surface area contributed by atoms with Crippen LogP contribution in [0.15, 0.2) is 18.2 Å². The Morgan fingerprint density at radius 1 is 1.43 bits per heavy atom. The van der Waals surface area contributed by atoms with Crippen LogP contribution in [-0.2, 0) is 6.54 Å². The molecule has 1 saturated heterocycles. The highest BCUT2D eigenvalue weighted by molar-refractivity contribution is 6.31. The number of benzene rings is 1. The quantitative estimate of drug-likeness (QED) is 0.881. The third kappa shape index (κ3) is 4.67. The van der Waals surface area contributed by atoms with Gasteiger partial charge in [-0.15, -0.1) is 0 Å². The number of hydrogen-bond donors (Lipinski definition) is 1. The molecule has 118 valence electrons. The fourth-order valence-electron chi connectivity index (χ4n) is 3.13. The van der Waals surface area contributed by atoms with E-state index in [9.17, 15) is 4.39 Å². The van der Waals surface area contributed by atoms with Gasteiger partial charge in [0.15, 0.2) is 0 Å². The van der Waals surface area contributed by atoms with Gasteiger partial charge < -0.3 is 5.32 Å². The van der Waals surface area contributed by atoms with Crippen molar-refractivity contribution in [1.29, 1.82) is 0 Å². The fraction of sp³-hybridized carbons (Fsp3) is 0.647. The van der Waals surface area contributed by atoms with Crippen LogP contribution >= 0.6 is 11.6 Å². The zero-order chi connectivity index (χ0) is 15.4. The molecule has 1 aromatic carbocycles. The summed E-state index contributed by atoms with van der Waals surface area (Å²) < 4.78 is 13.4. The number of halogens is 2. The Balaban J connectivity index is 2.08. The lowest BCUT2D eigenvalue weighted by Crippen LogP contribution is -2.56. The Labute approximate surface area is 132 Å². The second-order valence-electron chi connectivity index (χ2n) is 6.46. The molecular weight excluding hydrogens is 287 g/mol. The standard InChI is InChI=1S/C17H26ClFN2/c1-4-16-9-20-15(7-12(2)3)11-21(16)10-13-8-14(19)5-6-17(13)18/h5-6,8,12,15-16,20H,4,7,9-11H2,1-3H3. The lowest BCUT2D eigenvalue weighted by Gasteiger charge is -2.41. The van der Waals surface area contributed by atoms with E-state index in [4.69, 9.17) is 11.6 Å². The molecule has 0 saturated carbocycles. The van der Waals surface area contributed by atoms with E-state index in [1.807, 2.05) is 0 Å². The van der Waals surface area contributed by atoms with Gasteiger partial charge in [0.1, 0.15) is 5.82 Å². The maximum atomic E-state index is 13.4. The van der Waals surface area contributed by atoms with E-state index in [2.05, 4.69) is 31.0 Å². The van der Waals surface area contributed by atoms with E-state index < -0.39 is 0 Å². The largest absolute Gasteiger partial charge is 0.311 e. The van der Waals surface area contributed by atoms with Crippen LogP contribution < -0.4 is 5.32 Å². The second kappa shape index (κ2) is 7.57. The summed E-state index contributed by atoms with van der Waals surface area (Å²) in [5.74, 6) is 0.469. The molecule has 1 heterocycles. The molecule has 0 amide bonds. The summed E-state index contributed by atoms with van der Waals surface area (Å²) in [6, 6.07) is 5.64. The zero-order valence-electron chi connectivity index (χ0n) is 13.2. The molecule has 0 radical (unpaired) electrons. The van der Waals surface area contributed by atoms with E-state index >= 15 is 0 Å². The van der Waals surface area contributed by atoms with Gasteiger partial charge in [-0.25, -0.2) is 4.39 Å². The Morgan fingerprint density at radius 2 is 2.19 bits per heavy atom. The minimum Gasteiger partial charge on any atom is -0.311 e. The van der Waals surface area contributed by atoms with Gasteiger partial charge in [-0.05, 0) is 42.5 Å². The van der Waals surface area contributed by atoms with Gasteiger partial charge in [-0.2, -0.15) is 0 Å². The van der Waals surface area contributed by atoms with Crippen LogP contribution in [-0.4, -0.2) is 30.1 Å². The molecule has 0 aromatic heterocycles. The maximum absolute atomic E-state index is 13.4. The number of nitrogens with zero attached hydrogens (tertiary/aromatic N) is 1. The van der Waals surface area contributed by atoms with Gasteiger partial charge in [0.2, 0.25) is 0 Å².